The second-order valence-corrected chi connectivity index (χ2v) is 4.13. The van der Waals surface area contributed by atoms with E-state index >= 15 is 0 Å². The Morgan fingerprint density at radius 1 is 1.53 bits per heavy atom. The highest BCUT2D eigenvalue weighted by Gasteiger charge is 2.08. The summed E-state index contributed by atoms with van der Waals surface area (Å²) in [6.07, 6.45) is 0. The van der Waals surface area contributed by atoms with Crippen LogP contribution in [0.15, 0.2) is 34.9 Å². The largest absolute Gasteiger partial charge is 0.409 e. The average molecular weight is 249 g/mol. The monoisotopic (exact) mass is 249 g/mol. The first-order valence-corrected chi connectivity index (χ1v) is 5.68. The van der Waals surface area contributed by atoms with E-state index in [1.807, 2.05) is 30.1 Å². The molecule has 2 rings (SSSR count). The van der Waals surface area contributed by atoms with Crippen LogP contribution in [0, 0.1) is 0 Å². The van der Waals surface area contributed by atoms with Gasteiger partial charge < -0.3 is 15.8 Å². The van der Waals surface area contributed by atoms with Gasteiger partial charge in [-0.15, -0.1) is 10.2 Å². The molecule has 1 aromatic heterocycles. The standard InChI is InChI=1S/C10H11N5OS/c1-15(10-13-12-6-17-10)8-4-2-3-7(5-8)9(11)14-16/h2-6,16H,1H3,(H2,11,14). The number of hydrogen-bond donors (Lipinski definition) is 2. The second kappa shape index (κ2) is 4.79. The summed E-state index contributed by atoms with van der Waals surface area (Å²) in [6, 6.07) is 7.33. The fourth-order valence-electron chi connectivity index (χ4n) is 1.36. The highest BCUT2D eigenvalue weighted by molar-refractivity contribution is 7.13. The molecule has 2 aromatic rings. The molecule has 0 saturated heterocycles. The maximum absolute atomic E-state index is 8.63. The predicted molar refractivity (Wildman–Crippen MR) is 66.9 cm³/mol. The van der Waals surface area contributed by atoms with E-state index in [-0.39, 0.29) is 5.84 Å². The van der Waals surface area contributed by atoms with Crippen LogP contribution in [0.25, 0.3) is 0 Å². The molecule has 0 radical (unpaired) electrons. The van der Waals surface area contributed by atoms with E-state index in [4.69, 9.17) is 10.9 Å². The Kier molecular flexibility index (Phi) is 3.20. The average Bonchev–Trinajstić information content (AvgIpc) is 2.91. The van der Waals surface area contributed by atoms with Gasteiger partial charge in [-0.1, -0.05) is 28.6 Å². The zero-order valence-electron chi connectivity index (χ0n) is 9.11. The number of benzene rings is 1. The van der Waals surface area contributed by atoms with E-state index in [1.165, 1.54) is 11.3 Å². The molecule has 0 amide bonds. The van der Waals surface area contributed by atoms with Crippen molar-refractivity contribution in [2.24, 2.45) is 10.9 Å². The number of nitrogens with two attached hydrogens (primary N) is 1. The Labute approximate surface area is 102 Å². The van der Waals surface area contributed by atoms with Crippen molar-refractivity contribution in [1.29, 1.82) is 0 Å². The molecule has 0 spiro atoms. The smallest absolute Gasteiger partial charge is 0.212 e. The summed E-state index contributed by atoms with van der Waals surface area (Å²) in [5.41, 5.74) is 8.75. The van der Waals surface area contributed by atoms with Gasteiger partial charge in [0.2, 0.25) is 5.13 Å². The molecular formula is C10H11N5OS. The molecule has 17 heavy (non-hydrogen) atoms. The van der Waals surface area contributed by atoms with E-state index in [0.29, 0.717) is 5.56 Å². The van der Waals surface area contributed by atoms with Gasteiger partial charge in [-0.2, -0.15) is 0 Å². The molecule has 0 fully saturated rings. The van der Waals surface area contributed by atoms with Crippen molar-refractivity contribution in [2.45, 2.75) is 0 Å². The van der Waals surface area contributed by atoms with E-state index < -0.39 is 0 Å². The highest BCUT2D eigenvalue weighted by atomic mass is 32.1. The van der Waals surface area contributed by atoms with Crippen molar-refractivity contribution in [3.8, 4) is 0 Å². The van der Waals surface area contributed by atoms with E-state index in [2.05, 4.69) is 15.4 Å². The van der Waals surface area contributed by atoms with Crippen molar-refractivity contribution in [2.75, 3.05) is 11.9 Å². The molecular weight excluding hydrogens is 238 g/mol. The molecule has 7 heteroatoms. The number of nitrogens with zero attached hydrogens (tertiary/aromatic N) is 4. The van der Waals surface area contributed by atoms with Crippen LogP contribution in [0.2, 0.25) is 0 Å². The van der Waals surface area contributed by atoms with Crippen LogP contribution in [-0.2, 0) is 0 Å². The molecule has 1 aromatic carbocycles. The summed E-state index contributed by atoms with van der Waals surface area (Å²) in [7, 11) is 1.88. The van der Waals surface area contributed by atoms with Gasteiger partial charge in [0.1, 0.15) is 5.51 Å². The summed E-state index contributed by atoms with van der Waals surface area (Å²) in [6.45, 7) is 0. The zero-order valence-corrected chi connectivity index (χ0v) is 9.92. The number of amidine groups is 1. The SMILES string of the molecule is CN(c1cccc(/C(N)=N/O)c1)c1nncs1. The van der Waals surface area contributed by atoms with Gasteiger partial charge in [0, 0.05) is 18.3 Å². The normalized spacial score (nSPS) is 11.5. The molecule has 3 N–H and O–H groups in total. The van der Waals surface area contributed by atoms with Crippen molar-refractivity contribution < 1.29 is 5.21 Å². The maximum Gasteiger partial charge on any atom is 0.212 e. The molecule has 0 saturated carbocycles. The third-order valence-corrected chi connectivity index (χ3v) is 3.04. The third kappa shape index (κ3) is 2.34. The molecule has 88 valence electrons. The quantitative estimate of drug-likeness (QED) is 0.371. The summed E-state index contributed by atoms with van der Waals surface area (Å²) < 4.78 is 0. The van der Waals surface area contributed by atoms with Crippen LogP contribution >= 0.6 is 11.3 Å². The number of hydrogen-bond acceptors (Lipinski definition) is 6. The Morgan fingerprint density at radius 3 is 3.00 bits per heavy atom. The third-order valence-electron chi connectivity index (χ3n) is 2.27. The molecule has 0 bridgehead atoms. The van der Waals surface area contributed by atoms with E-state index in [9.17, 15) is 0 Å². The Hall–Kier alpha value is -2.15. The number of anilines is 2. The molecule has 0 unspecified atom stereocenters. The minimum absolute atomic E-state index is 0.0810. The van der Waals surface area contributed by atoms with Gasteiger partial charge >= 0.3 is 0 Å². The van der Waals surface area contributed by atoms with Crippen LogP contribution in [0.3, 0.4) is 0 Å². The molecule has 6 nitrogen and oxygen atoms in total. The van der Waals surface area contributed by atoms with Crippen LogP contribution in [0.5, 0.6) is 0 Å². The van der Waals surface area contributed by atoms with E-state index in [0.717, 1.165) is 10.8 Å². The van der Waals surface area contributed by atoms with Gasteiger partial charge in [-0.05, 0) is 12.1 Å². The number of aromatic nitrogens is 2. The fraction of sp³-hybridized carbons (Fsp3) is 0.100. The predicted octanol–water partition coefficient (Wildman–Crippen LogP) is 1.40. The summed E-state index contributed by atoms with van der Waals surface area (Å²) in [4.78, 5) is 1.88. The van der Waals surface area contributed by atoms with Gasteiger partial charge in [-0.3, -0.25) is 0 Å². The van der Waals surface area contributed by atoms with Crippen LogP contribution in [0.1, 0.15) is 5.56 Å². The topological polar surface area (TPSA) is 87.6 Å². The highest BCUT2D eigenvalue weighted by Crippen LogP contribution is 2.24. The van der Waals surface area contributed by atoms with Gasteiger partial charge in [0.25, 0.3) is 0 Å². The lowest BCUT2D eigenvalue weighted by molar-refractivity contribution is 0.318. The van der Waals surface area contributed by atoms with E-state index in [1.54, 1.807) is 11.6 Å². The fourth-order valence-corrected chi connectivity index (χ4v) is 1.90. The van der Waals surface area contributed by atoms with Crippen LogP contribution < -0.4 is 10.6 Å². The van der Waals surface area contributed by atoms with Gasteiger partial charge in [0.05, 0.1) is 0 Å². The number of oxime groups is 1. The van der Waals surface area contributed by atoms with Crippen molar-refractivity contribution in [3.05, 3.63) is 35.3 Å². The van der Waals surface area contributed by atoms with Crippen molar-refractivity contribution in [1.82, 2.24) is 10.2 Å². The molecule has 0 atom stereocenters. The Bertz CT molecular complexity index is 525. The minimum atomic E-state index is 0.0810. The molecule has 1 heterocycles. The summed E-state index contributed by atoms with van der Waals surface area (Å²) in [5.74, 6) is 0.0810. The van der Waals surface area contributed by atoms with Crippen molar-refractivity contribution >= 4 is 28.0 Å². The Balaban J connectivity index is 2.34. The second-order valence-electron chi connectivity index (χ2n) is 3.32. The zero-order chi connectivity index (χ0) is 12.3. The van der Waals surface area contributed by atoms with Gasteiger partial charge in [-0.25, -0.2) is 0 Å². The van der Waals surface area contributed by atoms with Crippen LogP contribution in [-0.4, -0.2) is 28.3 Å². The lowest BCUT2D eigenvalue weighted by atomic mass is 10.2. The summed E-state index contributed by atoms with van der Waals surface area (Å²) in [5, 5.41) is 20.1. The first-order chi connectivity index (χ1) is 8.22. The first kappa shape index (κ1) is 11.3. The minimum Gasteiger partial charge on any atom is -0.409 e. The lowest BCUT2D eigenvalue weighted by Crippen LogP contribution is -2.15. The molecule has 0 aliphatic heterocycles. The summed E-state index contributed by atoms with van der Waals surface area (Å²) >= 11 is 1.44. The Morgan fingerprint density at radius 2 is 2.35 bits per heavy atom. The van der Waals surface area contributed by atoms with Gasteiger partial charge in [0.15, 0.2) is 5.84 Å². The molecule has 0 aliphatic rings. The first-order valence-electron chi connectivity index (χ1n) is 4.80. The maximum atomic E-state index is 8.63. The number of rotatable bonds is 3. The lowest BCUT2D eigenvalue weighted by Gasteiger charge is -2.15. The van der Waals surface area contributed by atoms with Crippen LogP contribution in [0.4, 0.5) is 10.8 Å². The van der Waals surface area contributed by atoms with Crippen molar-refractivity contribution in [3.63, 3.8) is 0 Å². The molecule has 0 aliphatic carbocycles.